The van der Waals surface area contributed by atoms with Gasteiger partial charge in [0, 0.05) is 11.8 Å². The van der Waals surface area contributed by atoms with Crippen LogP contribution in [0.2, 0.25) is 0 Å². The summed E-state index contributed by atoms with van der Waals surface area (Å²) in [5, 5.41) is 1.01. The molecule has 0 atom stereocenters. The van der Waals surface area contributed by atoms with Crippen LogP contribution in [-0.2, 0) is 9.53 Å². The molecule has 0 spiro atoms. The highest BCUT2D eigenvalue weighted by molar-refractivity contribution is 9.09. The van der Waals surface area contributed by atoms with Crippen LogP contribution in [0.3, 0.4) is 0 Å². The minimum absolute atomic E-state index is 0.130. The molecule has 3 heteroatoms. The van der Waals surface area contributed by atoms with Gasteiger partial charge in [-0.15, -0.1) is 6.58 Å². The summed E-state index contributed by atoms with van der Waals surface area (Å²) < 4.78 is 4.95. The first kappa shape index (κ1) is 15.4. The second-order valence-electron chi connectivity index (χ2n) is 3.58. The highest BCUT2D eigenvalue weighted by atomic mass is 79.9. The number of hydrogen-bond acceptors (Lipinski definition) is 2. The molecule has 0 unspecified atom stereocenters. The molecule has 0 heterocycles. The normalized spacial score (nSPS) is 10.6. The van der Waals surface area contributed by atoms with Crippen LogP contribution in [0.1, 0.15) is 44.9 Å². The molecule has 0 fully saturated rings. The quantitative estimate of drug-likeness (QED) is 0.196. The van der Waals surface area contributed by atoms with Gasteiger partial charge in [-0.1, -0.05) is 28.4 Å². The monoisotopic (exact) mass is 288 g/mol. The minimum Gasteiger partial charge on any atom is -0.435 e. The summed E-state index contributed by atoms with van der Waals surface area (Å²) in [5.74, 6) is -0.130. The van der Waals surface area contributed by atoms with Gasteiger partial charge in [-0.3, -0.25) is 4.79 Å². The predicted molar refractivity (Wildman–Crippen MR) is 71.5 cm³/mol. The van der Waals surface area contributed by atoms with E-state index in [2.05, 4.69) is 22.5 Å². The number of esters is 1. The van der Waals surface area contributed by atoms with Crippen molar-refractivity contribution in [3.05, 3.63) is 25.0 Å². The van der Waals surface area contributed by atoms with Crippen molar-refractivity contribution < 1.29 is 9.53 Å². The van der Waals surface area contributed by atoms with Crippen molar-refractivity contribution in [3.63, 3.8) is 0 Å². The molecule has 0 bridgehead atoms. The van der Waals surface area contributed by atoms with E-state index in [1.807, 2.05) is 12.2 Å². The van der Waals surface area contributed by atoms with Crippen LogP contribution in [0.4, 0.5) is 0 Å². The second kappa shape index (κ2) is 12.5. The number of allylic oxidation sites excluding steroid dienone is 2. The highest BCUT2D eigenvalue weighted by Gasteiger charge is 1.99. The van der Waals surface area contributed by atoms with Gasteiger partial charge in [0.25, 0.3) is 0 Å². The summed E-state index contributed by atoms with van der Waals surface area (Å²) in [4.78, 5) is 11.2. The minimum atomic E-state index is -0.130. The van der Waals surface area contributed by atoms with Crippen LogP contribution in [0.25, 0.3) is 0 Å². The Bertz CT molecular complexity index is 212. The Hall–Kier alpha value is -0.570. The zero-order valence-corrected chi connectivity index (χ0v) is 11.4. The fourth-order valence-electron chi connectivity index (χ4n) is 1.17. The molecule has 0 aliphatic heterocycles. The summed E-state index contributed by atoms with van der Waals surface area (Å²) in [5.41, 5.74) is 0. The molecule has 0 saturated carbocycles. The molecule has 0 aliphatic carbocycles. The number of carbonyl (C=O) groups excluding carboxylic acids is 1. The van der Waals surface area contributed by atoms with Crippen molar-refractivity contribution in [2.24, 2.45) is 0 Å². The lowest BCUT2D eigenvalue weighted by molar-refractivity contribution is -0.138. The fraction of sp³-hybridized carbons (Fsp3) is 0.615. The Balaban J connectivity index is 3.31. The van der Waals surface area contributed by atoms with Gasteiger partial charge in [0.05, 0.1) is 6.26 Å². The van der Waals surface area contributed by atoms with Gasteiger partial charge in [0.2, 0.25) is 0 Å². The summed E-state index contributed by atoms with van der Waals surface area (Å²) in [6.45, 7) is 3.64. The average molecular weight is 289 g/mol. The van der Waals surface area contributed by atoms with Crippen molar-refractivity contribution >= 4 is 21.9 Å². The van der Waals surface area contributed by atoms with Crippen molar-refractivity contribution in [1.29, 1.82) is 0 Å². The van der Waals surface area contributed by atoms with E-state index in [-0.39, 0.29) is 5.97 Å². The van der Waals surface area contributed by atoms with Crippen molar-refractivity contribution in [2.75, 3.05) is 5.33 Å². The molecule has 92 valence electrons. The van der Waals surface area contributed by atoms with Crippen LogP contribution in [0.15, 0.2) is 25.0 Å². The smallest absolute Gasteiger partial charge is 0.310 e. The molecule has 0 radical (unpaired) electrons. The van der Waals surface area contributed by atoms with Crippen LogP contribution in [0, 0.1) is 0 Å². The van der Waals surface area contributed by atoms with E-state index in [1.165, 1.54) is 6.26 Å². The summed E-state index contributed by atoms with van der Waals surface area (Å²) in [7, 11) is 0. The van der Waals surface area contributed by atoms with Crippen molar-refractivity contribution in [1.82, 2.24) is 0 Å². The lowest BCUT2D eigenvalue weighted by atomic mass is 10.2. The molecule has 0 aromatic rings. The van der Waals surface area contributed by atoms with E-state index >= 15 is 0 Å². The second-order valence-corrected chi connectivity index (χ2v) is 4.37. The first-order chi connectivity index (χ1) is 7.81. The van der Waals surface area contributed by atoms with E-state index in [9.17, 15) is 4.79 Å². The predicted octanol–water partition coefficient (Wildman–Crippen LogP) is 4.35. The Morgan fingerprint density at radius 1 is 1.19 bits per heavy atom. The van der Waals surface area contributed by atoms with E-state index in [1.54, 1.807) is 0 Å². The van der Waals surface area contributed by atoms with E-state index in [0.29, 0.717) is 6.42 Å². The van der Waals surface area contributed by atoms with Gasteiger partial charge in [-0.25, -0.2) is 0 Å². The van der Waals surface area contributed by atoms with Gasteiger partial charge in [0.15, 0.2) is 0 Å². The maximum Gasteiger partial charge on any atom is 0.310 e. The molecule has 0 aliphatic rings. The molecule has 16 heavy (non-hydrogen) atoms. The van der Waals surface area contributed by atoms with E-state index in [4.69, 9.17) is 4.74 Å². The topological polar surface area (TPSA) is 26.3 Å². The largest absolute Gasteiger partial charge is 0.435 e. The molecular formula is C13H21BrO2. The Labute approximate surface area is 107 Å². The zero-order valence-electron chi connectivity index (χ0n) is 9.79. The molecular weight excluding hydrogens is 268 g/mol. The molecule has 0 amide bonds. The maximum absolute atomic E-state index is 11.2. The van der Waals surface area contributed by atoms with Crippen molar-refractivity contribution in [3.8, 4) is 0 Å². The number of alkyl halides is 1. The van der Waals surface area contributed by atoms with Gasteiger partial charge in [0.1, 0.15) is 0 Å². The molecule has 0 N–H and O–H groups in total. The van der Waals surface area contributed by atoms with Gasteiger partial charge >= 0.3 is 5.97 Å². The number of carbonyl (C=O) groups is 1. The van der Waals surface area contributed by atoms with Crippen LogP contribution < -0.4 is 0 Å². The standard InChI is InChI=1S/C13H21BrO2/c1-2-3-4-5-9-12-16-13(15)10-7-6-8-11-14/h2,9,12H,1,3-8,10-11H2. The summed E-state index contributed by atoms with van der Waals surface area (Å²) in [6.07, 6.45) is 11.9. The third kappa shape index (κ3) is 11.5. The third-order valence-corrected chi connectivity index (χ3v) is 2.65. The Morgan fingerprint density at radius 3 is 2.69 bits per heavy atom. The number of halogens is 1. The summed E-state index contributed by atoms with van der Waals surface area (Å²) >= 11 is 3.35. The fourth-order valence-corrected chi connectivity index (χ4v) is 1.57. The lowest BCUT2D eigenvalue weighted by Crippen LogP contribution is -1.98. The molecule has 0 aromatic carbocycles. The highest BCUT2D eigenvalue weighted by Crippen LogP contribution is 2.03. The van der Waals surface area contributed by atoms with Crippen LogP contribution in [0.5, 0.6) is 0 Å². The SMILES string of the molecule is C=CCCCC=COC(=O)CCCCCBr. The van der Waals surface area contributed by atoms with Crippen LogP contribution in [-0.4, -0.2) is 11.3 Å². The zero-order chi connectivity index (χ0) is 12.1. The molecule has 0 saturated heterocycles. The van der Waals surface area contributed by atoms with Crippen LogP contribution >= 0.6 is 15.9 Å². The first-order valence-electron chi connectivity index (χ1n) is 5.82. The van der Waals surface area contributed by atoms with Gasteiger partial charge in [-0.05, 0) is 38.2 Å². The number of rotatable bonds is 10. The Kier molecular flexibility index (Phi) is 12.1. The first-order valence-corrected chi connectivity index (χ1v) is 6.94. The molecule has 0 aromatic heterocycles. The van der Waals surface area contributed by atoms with Gasteiger partial charge in [-0.2, -0.15) is 0 Å². The van der Waals surface area contributed by atoms with Gasteiger partial charge < -0.3 is 4.74 Å². The van der Waals surface area contributed by atoms with E-state index < -0.39 is 0 Å². The lowest BCUT2D eigenvalue weighted by Gasteiger charge is -1.98. The van der Waals surface area contributed by atoms with Crippen molar-refractivity contribution in [2.45, 2.75) is 44.9 Å². The van der Waals surface area contributed by atoms with E-state index in [0.717, 1.165) is 43.9 Å². The Morgan fingerprint density at radius 2 is 2.00 bits per heavy atom. The molecule has 0 rings (SSSR count). The summed E-state index contributed by atoms with van der Waals surface area (Å²) in [6, 6.07) is 0. The number of unbranched alkanes of at least 4 members (excludes halogenated alkanes) is 4. The number of hydrogen-bond donors (Lipinski definition) is 0. The molecule has 2 nitrogen and oxygen atoms in total. The maximum atomic E-state index is 11.2. The average Bonchev–Trinajstić information content (AvgIpc) is 2.29. The number of ether oxygens (including phenoxy) is 1. The third-order valence-electron chi connectivity index (χ3n) is 2.09.